The number of anilines is 4. The smallest absolute Gasteiger partial charge is 0.269 e. The number of nitrogens with one attached hydrogen (secondary N) is 2. The fourth-order valence-corrected chi connectivity index (χ4v) is 2.43. The molecule has 0 radical (unpaired) electrons. The molecule has 0 atom stereocenters. The average Bonchev–Trinajstić information content (AvgIpc) is 2.87. The van der Waals surface area contributed by atoms with Gasteiger partial charge in [0.2, 0.25) is 0 Å². The maximum absolute atomic E-state index is 10.1. The Labute approximate surface area is 220 Å². The maximum Gasteiger partial charge on any atom is 0.269 e. The lowest BCUT2D eigenvalue weighted by molar-refractivity contribution is -0.384. The van der Waals surface area contributed by atoms with E-state index in [0.717, 1.165) is 12.1 Å². The lowest BCUT2D eigenvalue weighted by Crippen LogP contribution is -2.09. The highest BCUT2D eigenvalue weighted by Crippen LogP contribution is 2.33. The van der Waals surface area contributed by atoms with Crippen LogP contribution in [0.5, 0.6) is 11.5 Å². The van der Waals surface area contributed by atoms with E-state index < -0.39 is 4.92 Å². The number of allylic oxidation sites excluding steroid dienone is 1. The van der Waals surface area contributed by atoms with Gasteiger partial charge in [0.1, 0.15) is 11.5 Å². The van der Waals surface area contributed by atoms with Crippen molar-refractivity contribution >= 4 is 28.4 Å². The Morgan fingerprint density at radius 1 is 1.03 bits per heavy atom. The number of phenolic OH excluding ortho intramolecular Hbond substituents is 1. The number of benzene rings is 3. The van der Waals surface area contributed by atoms with Crippen molar-refractivity contribution in [2.75, 3.05) is 29.4 Å². The summed E-state index contributed by atoms with van der Waals surface area (Å²) in [5.41, 5.74) is 20.5. The lowest BCUT2D eigenvalue weighted by atomic mass is 10.2. The van der Waals surface area contributed by atoms with E-state index in [1.54, 1.807) is 13.2 Å². The molecular formula is C28H41N5O4. The van der Waals surface area contributed by atoms with E-state index in [1.165, 1.54) is 48.7 Å². The minimum absolute atomic E-state index is 0.00834. The molecule has 3 aromatic rings. The van der Waals surface area contributed by atoms with Gasteiger partial charge in [-0.15, -0.1) is 6.58 Å². The molecule has 37 heavy (non-hydrogen) atoms. The van der Waals surface area contributed by atoms with Gasteiger partial charge in [-0.3, -0.25) is 15.5 Å². The minimum atomic E-state index is -0.459. The number of methoxy groups -OCH3 is 1. The number of phenols is 1. The summed E-state index contributed by atoms with van der Waals surface area (Å²) in [6, 6.07) is 16.7. The van der Waals surface area contributed by atoms with Crippen LogP contribution in [0, 0.1) is 17.0 Å². The third kappa shape index (κ3) is 13.9. The molecule has 7 N–H and O–H groups in total. The minimum Gasteiger partial charge on any atom is -0.506 e. The number of nitrogens with zero attached hydrogens (tertiary/aromatic N) is 1. The molecule has 202 valence electrons. The molecule has 3 rings (SSSR count). The first-order valence-electron chi connectivity index (χ1n) is 12.0. The highest BCUT2D eigenvalue weighted by molar-refractivity contribution is 5.70. The predicted molar refractivity (Wildman–Crippen MR) is 156 cm³/mol. The fourth-order valence-electron chi connectivity index (χ4n) is 2.43. The second kappa shape index (κ2) is 18.9. The molecule has 3 aromatic carbocycles. The van der Waals surface area contributed by atoms with Crippen molar-refractivity contribution in [3.8, 4) is 11.5 Å². The van der Waals surface area contributed by atoms with E-state index in [-0.39, 0.29) is 17.1 Å². The van der Waals surface area contributed by atoms with Gasteiger partial charge in [-0.2, -0.15) is 0 Å². The maximum atomic E-state index is 10.1. The molecule has 0 aliphatic heterocycles. The zero-order valence-corrected chi connectivity index (χ0v) is 22.5. The molecule has 0 saturated carbocycles. The highest BCUT2D eigenvalue weighted by atomic mass is 16.6. The molecule has 0 spiro atoms. The van der Waals surface area contributed by atoms with Crippen LogP contribution in [0.15, 0.2) is 73.3 Å². The number of ether oxygens (including phenoxy) is 1. The summed E-state index contributed by atoms with van der Waals surface area (Å²) in [7, 11) is 1.54. The first-order valence-corrected chi connectivity index (χ1v) is 12.0. The van der Waals surface area contributed by atoms with E-state index >= 15 is 0 Å². The number of aryl methyl sites for hydroxylation is 1. The molecule has 0 bridgehead atoms. The van der Waals surface area contributed by atoms with Crippen molar-refractivity contribution in [1.29, 1.82) is 0 Å². The molecule has 0 unspecified atom stereocenters. The number of hydrogen-bond donors (Lipinski definition) is 5. The van der Waals surface area contributed by atoms with E-state index in [4.69, 9.17) is 16.2 Å². The molecule has 0 aromatic heterocycles. The number of nitro benzene ring substituents is 1. The van der Waals surface area contributed by atoms with Gasteiger partial charge in [0.15, 0.2) is 0 Å². The van der Waals surface area contributed by atoms with Crippen molar-refractivity contribution in [2.24, 2.45) is 0 Å². The van der Waals surface area contributed by atoms with Crippen molar-refractivity contribution in [3.05, 3.63) is 89.0 Å². The van der Waals surface area contributed by atoms with Crippen LogP contribution >= 0.6 is 0 Å². The van der Waals surface area contributed by atoms with E-state index in [1.807, 2.05) is 37.3 Å². The zero-order valence-electron chi connectivity index (χ0n) is 22.5. The van der Waals surface area contributed by atoms with Gasteiger partial charge < -0.3 is 26.7 Å². The number of rotatable bonds is 7. The number of nitro groups is 1. The molecule has 0 aliphatic carbocycles. The quantitative estimate of drug-likeness (QED) is 0.0729. The van der Waals surface area contributed by atoms with E-state index in [0.29, 0.717) is 17.1 Å². The van der Waals surface area contributed by atoms with Crippen molar-refractivity contribution < 1.29 is 14.8 Å². The largest absolute Gasteiger partial charge is 0.506 e. The molecule has 0 aliphatic rings. The average molecular weight is 512 g/mol. The zero-order chi connectivity index (χ0) is 28.2. The number of aromatic hydroxyl groups is 1. The van der Waals surface area contributed by atoms with Crippen LogP contribution in [0.25, 0.3) is 0 Å². The number of hydrogen-bond acceptors (Lipinski definition) is 8. The van der Waals surface area contributed by atoms with Gasteiger partial charge >= 0.3 is 0 Å². The van der Waals surface area contributed by atoms with Crippen LogP contribution in [0.4, 0.5) is 28.4 Å². The summed E-state index contributed by atoms with van der Waals surface area (Å²) in [4.78, 5) is 9.62. The van der Waals surface area contributed by atoms with Crippen molar-refractivity contribution in [2.45, 2.75) is 47.0 Å². The van der Waals surface area contributed by atoms with Crippen LogP contribution < -0.4 is 27.1 Å². The van der Waals surface area contributed by atoms with Crippen molar-refractivity contribution in [1.82, 2.24) is 0 Å². The Morgan fingerprint density at radius 3 is 2.03 bits per heavy atom. The SMILES string of the molecule is C=CCCC.CCC.COc1cc(N)c(O)cc1NNc1ccc(C)cc1.Nc1ccc([N+](=O)[O-])cc1. The Hall–Kier alpha value is -4.40. The Balaban J connectivity index is 0.000000600. The monoisotopic (exact) mass is 511 g/mol. The summed E-state index contributed by atoms with van der Waals surface area (Å²) in [6.07, 6.45) is 5.56. The summed E-state index contributed by atoms with van der Waals surface area (Å²) >= 11 is 0. The topological polar surface area (TPSA) is 149 Å². The Kier molecular flexibility index (Phi) is 16.6. The van der Waals surface area contributed by atoms with Crippen LogP contribution in [0.1, 0.15) is 45.6 Å². The Morgan fingerprint density at radius 2 is 1.59 bits per heavy atom. The van der Waals surface area contributed by atoms with Gasteiger partial charge in [0.05, 0.1) is 29.1 Å². The first kappa shape index (κ1) is 32.6. The van der Waals surface area contributed by atoms with Crippen LogP contribution in [-0.4, -0.2) is 17.1 Å². The summed E-state index contributed by atoms with van der Waals surface area (Å²) in [6.45, 7) is 12.0. The van der Waals surface area contributed by atoms with Crippen LogP contribution in [-0.2, 0) is 0 Å². The van der Waals surface area contributed by atoms with Gasteiger partial charge in [0, 0.05) is 30.0 Å². The number of hydrazine groups is 1. The molecular weight excluding hydrogens is 470 g/mol. The van der Waals surface area contributed by atoms with E-state index in [2.05, 4.69) is 38.2 Å². The Bertz CT molecular complexity index is 1060. The molecule has 0 saturated heterocycles. The predicted octanol–water partition coefficient (Wildman–Crippen LogP) is 7.30. The summed E-state index contributed by atoms with van der Waals surface area (Å²) < 4.78 is 5.20. The molecule has 0 fully saturated rings. The van der Waals surface area contributed by atoms with Crippen LogP contribution in [0.2, 0.25) is 0 Å². The fraction of sp³-hybridized carbons (Fsp3) is 0.286. The first-order chi connectivity index (χ1) is 17.6. The summed E-state index contributed by atoms with van der Waals surface area (Å²) in [5, 5.41) is 19.7. The normalized spacial score (nSPS) is 9.11. The molecule has 9 heteroatoms. The van der Waals surface area contributed by atoms with Crippen molar-refractivity contribution in [3.63, 3.8) is 0 Å². The third-order valence-corrected chi connectivity index (χ3v) is 4.34. The number of nitrogens with two attached hydrogens (primary N) is 2. The number of nitrogen functional groups attached to an aromatic ring is 2. The third-order valence-electron chi connectivity index (χ3n) is 4.34. The standard InChI is InChI=1S/C14H17N3O2.C6H6N2O2.C5H10.C3H8/c1-9-3-5-10(6-4-9)16-17-12-8-13(18)11(15)7-14(12)19-2;7-5-1-3-6(4-2-5)8(9)10;1-3-5-4-2;1-3-2/h3-8,16-18H,15H2,1-2H3;1-4H,7H2;3H,1,4-5H2,2H3;3H2,1-2H3. The second-order valence-corrected chi connectivity index (χ2v) is 7.86. The van der Waals surface area contributed by atoms with Gasteiger partial charge in [-0.1, -0.05) is 57.4 Å². The van der Waals surface area contributed by atoms with Gasteiger partial charge in [-0.05, 0) is 37.6 Å². The summed E-state index contributed by atoms with van der Waals surface area (Å²) in [5.74, 6) is 0.559. The molecule has 9 nitrogen and oxygen atoms in total. The number of non-ortho nitro benzene ring substituents is 1. The van der Waals surface area contributed by atoms with Crippen LogP contribution in [0.3, 0.4) is 0 Å². The van der Waals surface area contributed by atoms with Gasteiger partial charge in [-0.25, -0.2) is 0 Å². The lowest BCUT2D eigenvalue weighted by Gasteiger charge is -2.14. The number of unbranched alkanes of at least 4 members (excludes halogenated alkanes) is 1. The van der Waals surface area contributed by atoms with E-state index in [9.17, 15) is 15.2 Å². The molecule has 0 heterocycles. The van der Waals surface area contributed by atoms with Gasteiger partial charge in [0.25, 0.3) is 5.69 Å². The highest BCUT2D eigenvalue weighted by Gasteiger charge is 2.07. The second-order valence-electron chi connectivity index (χ2n) is 7.86. The molecule has 0 amide bonds.